The summed E-state index contributed by atoms with van der Waals surface area (Å²) in [5.74, 6) is 0.0451. The fourth-order valence-corrected chi connectivity index (χ4v) is 4.95. The highest BCUT2D eigenvalue weighted by Gasteiger charge is 2.23. The first-order valence-electron chi connectivity index (χ1n) is 9.93. The molecule has 2 heterocycles. The quantitative estimate of drug-likeness (QED) is 0.400. The van der Waals surface area contributed by atoms with E-state index in [0.717, 1.165) is 0 Å². The maximum atomic E-state index is 13.0. The summed E-state index contributed by atoms with van der Waals surface area (Å²) in [6, 6.07) is 12.2. The maximum Gasteiger partial charge on any atom is 0.251 e. The predicted molar refractivity (Wildman–Crippen MR) is 126 cm³/mol. The topological polar surface area (TPSA) is 144 Å². The fourth-order valence-electron chi connectivity index (χ4n) is 3.19. The fraction of sp³-hybridized carbons (Fsp3) is 0.0909. The molecular formula is C22H15Cl2N7O3S. The average molecular weight is 528 g/mol. The molecule has 2 aromatic carbocycles. The molecule has 0 aliphatic heterocycles. The predicted octanol–water partition coefficient (Wildman–Crippen LogP) is 3.56. The van der Waals surface area contributed by atoms with Gasteiger partial charge >= 0.3 is 0 Å². The Labute approximate surface area is 210 Å². The Balaban J connectivity index is 1.61. The van der Waals surface area contributed by atoms with Crippen LogP contribution >= 0.6 is 23.2 Å². The lowest BCUT2D eigenvalue weighted by Gasteiger charge is -2.15. The zero-order valence-corrected chi connectivity index (χ0v) is 20.3. The highest BCUT2D eigenvalue weighted by molar-refractivity contribution is 7.91. The van der Waals surface area contributed by atoms with Gasteiger partial charge in [-0.2, -0.15) is 15.0 Å². The number of halogens is 2. The number of rotatable bonds is 6. The van der Waals surface area contributed by atoms with Crippen LogP contribution in [0.25, 0.3) is 5.82 Å². The van der Waals surface area contributed by atoms with Crippen LogP contribution < -0.4 is 5.32 Å². The number of benzene rings is 2. The summed E-state index contributed by atoms with van der Waals surface area (Å²) in [4.78, 5) is 25.0. The molecule has 1 N–H and O–H groups in total. The number of carbonyl (C=O) groups excluding carboxylic acids is 1. The van der Waals surface area contributed by atoms with Gasteiger partial charge in [-0.25, -0.2) is 23.4 Å². The van der Waals surface area contributed by atoms with Gasteiger partial charge < -0.3 is 5.32 Å². The van der Waals surface area contributed by atoms with E-state index >= 15 is 0 Å². The van der Waals surface area contributed by atoms with Crippen LogP contribution in [-0.2, 0) is 9.84 Å². The highest BCUT2D eigenvalue weighted by Crippen LogP contribution is 2.26. The Hall–Kier alpha value is -3.85. The molecule has 1 amide bonds. The lowest BCUT2D eigenvalue weighted by Crippen LogP contribution is -2.29. The van der Waals surface area contributed by atoms with E-state index in [9.17, 15) is 13.2 Å². The Morgan fingerprint density at radius 2 is 1.74 bits per heavy atom. The number of hydrogen-bond donors (Lipinski definition) is 1. The number of hydrogen-bond acceptors (Lipinski definition) is 8. The molecular weight excluding hydrogens is 513 g/mol. The molecule has 0 aliphatic carbocycles. The molecule has 4 rings (SSSR count). The van der Waals surface area contributed by atoms with Gasteiger partial charge in [0.25, 0.3) is 5.91 Å². The van der Waals surface area contributed by atoms with Gasteiger partial charge in [0.2, 0.25) is 9.84 Å². The van der Waals surface area contributed by atoms with E-state index < -0.39 is 21.8 Å². The van der Waals surface area contributed by atoms with Crippen molar-refractivity contribution in [1.29, 1.82) is 5.26 Å². The highest BCUT2D eigenvalue weighted by atomic mass is 35.5. The van der Waals surface area contributed by atoms with E-state index in [-0.39, 0.29) is 26.1 Å². The monoisotopic (exact) mass is 527 g/mol. The molecule has 0 saturated carbocycles. The number of nitrogens with zero attached hydrogens (tertiary/aromatic N) is 6. The van der Waals surface area contributed by atoms with Crippen LogP contribution in [0.1, 0.15) is 34.8 Å². The Bertz CT molecular complexity index is 1560. The lowest BCUT2D eigenvalue weighted by atomic mass is 10.2. The largest absolute Gasteiger partial charge is 0.342 e. The Morgan fingerprint density at radius 3 is 2.46 bits per heavy atom. The van der Waals surface area contributed by atoms with Gasteiger partial charge in [0, 0.05) is 21.7 Å². The standard InChI is InChI=1S/C22H15Cl2N7O3S/c1-13(21-28-12-29-31(21)20-9-17(10-25)26-11-27-20)30-22(32)14-6-16(24)8-19(7-14)35(33,34)18-4-2-15(23)3-5-18/h2-9,11-13H,1H3,(H,30,32)/t13-/m0/s1. The van der Waals surface area contributed by atoms with Crippen LogP contribution in [0.4, 0.5) is 0 Å². The maximum absolute atomic E-state index is 13.0. The van der Waals surface area contributed by atoms with Crippen molar-refractivity contribution >= 4 is 38.9 Å². The molecule has 0 radical (unpaired) electrons. The molecule has 176 valence electrons. The Morgan fingerprint density at radius 1 is 1.00 bits per heavy atom. The van der Waals surface area contributed by atoms with Crippen molar-refractivity contribution in [2.75, 3.05) is 0 Å². The van der Waals surface area contributed by atoms with Crippen LogP contribution in [0.15, 0.2) is 71.0 Å². The molecule has 13 heteroatoms. The minimum atomic E-state index is -3.95. The zero-order chi connectivity index (χ0) is 25.2. The number of nitrogens with one attached hydrogen (secondary N) is 1. The molecule has 0 fully saturated rings. The van der Waals surface area contributed by atoms with Gasteiger partial charge in [0.15, 0.2) is 11.6 Å². The second-order valence-electron chi connectivity index (χ2n) is 7.23. The van der Waals surface area contributed by atoms with E-state index in [1.54, 1.807) is 6.92 Å². The van der Waals surface area contributed by atoms with Crippen LogP contribution in [0.3, 0.4) is 0 Å². The molecule has 0 spiro atoms. The van der Waals surface area contributed by atoms with Crippen molar-refractivity contribution < 1.29 is 13.2 Å². The van der Waals surface area contributed by atoms with Crippen LogP contribution in [0, 0.1) is 11.3 Å². The normalized spacial score (nSPS) is 12.1. The summed E-state index contributed by atoms with van der Waals surface area (Å²) in [7, 11) is -3.95. The minimum Gasteiger partial charge on any atom is -0.342 e. The summed E-state index contributed by atoms with van der Waals surface area (Å²) in [5.41, 5.74) is 0.179. The third-order valence-corrected chi connectivity index (χ3v) is 7.08. The number of aromatic nitrogens is 5. The summed E-state index contributed by atoms with van der Waals surface area (Å²) in [6.07, 6.45) is 2.50. The number of amides is 1. The molecule has 2 aromatic heterocycles. The van der Waals surface area contributed by atoms with Gasteiger partial charge in [-0.15, -0.1) is 0 Å². The summed E-state index contributed by atoms with van der Waals surface area (Å²) < 4.78 is 27.5. The van der Waals surface area contributed by atoms with E-state index in [2.05, 4.69) is 25.4 Å². The first-order chi connectivity index (χ1) is 16.7. The molecule has 1 atom stereocenters. The number of sulfone groups is 1. The van der Waals surface area contributed by atoms with Gasteiger partial charge in [0.1, 0.15) is 24.4 Å². The van der Waals surface area contributed by atoms with E-state index in [4.69, 9.17) is 28.5 Å². The van der Waals surface area contributed by atoms with Crippen LogP contribution in [-0.4, -0.2) is 39.1 Å². The summed E-state index contributed by atoms with van der Waals surface area (Å²) in [6.45, 7) is 1.67. The number of nitriles is 1. The van der Waals surface area contributed by atoms with Crippen molar-refractivity contribution in [3.63, 3.8) is 0 Å². The molecule has 0 aliphatic rings. The molecule has 0 saturated heterocycles. The van der Waals surface area contributed by atoms with Crippen molar-refractivity contribution in [3.05, 3.63) is 88.3 Å². The SMILES string of the molecule is C[C@H](NC(=O)c1cc(Cl)cc(S(=O)(=O)c2ccc(Cl)cc2)c1)c1ncnn1-c1cc(C#N)ncn1. The van der Waals surface area contributed by atoms with Crippen LogP contribution in [0.2, 0.25) is 10.0 Å². The van der Waals surface area contributed by atoms with Crippen molar-refractivity contribution in [2.24, 2.45) is 0 Å². The third kappa shape index (κ3) is 5.14. The smallest absolute Gasteiger partial charge is 0.251 e. The zero-order valence-electron chi connectivity index (χ0n) is 17.9. The minimum absolute atomic E-state index is 0.0126. The average Bonchev–Trinajstić information content (AvgIpc) is 3.34. The van der Waals surface area contributed by atoms with Crippen molar-refractivity contribution in [1.82, 2.24) is 30.0 Å². The van der Waals surface area contributed by atoms with Gasteiger partial charge in [0.05, 0.1) is 15.8 Å². The first kappa shape index (κ1) is 24.3. The van der Waals surface area contributed by atoms with Crippen molar-refractivity contribution in [2.45, 2.75) is 22.8 Å². The molecule has 4 aromatic rings. The Kier molecular flexibility index (Phi) is 6.79. The second kappa shape index (κ2) is 9.79. The number of carbonyl (C=O) groups is 1. The molecule has 10 nitrogen and oxygen atoms in total. The van der Waals surface area contributed by atoms with Gasteiger partial charge in [-0.05, 0) is 49.4 Å². The van der Waals surface area contributed by atoms with Gasteiger partial charge in [-0.1, -0.05) is 23.2 Å². The van der Waals surface area contributed by atoms with E-state index in [1.165, 1.54) is 65.9 Å². The van der Waals surface area contributed by atoms with E-state index in [1.807, 2.05) is 6.07 Å². The molecule has 0 unspecified atom stereocenters. The van der Waals surface area contributed by atoms with E-state index in [0.29, 0.717) is 16.7 Å². The second-order valence-corrected chi connectivity index (χ2v) is 10.1. The van der Waals surface area contributed by atoms with Crippen LogP contribution in [0.5, 0.6) is 0 Å². The summed E-state index contributed by atoms with van der Waals surface area (Å²) >= 11 is 12.0. The molecule has 0 bridgehead atoms. The van der Waals surface area contributed by atoms with Gasteiger partial charge in [-0.3, -0.25) is 4.79 Å². The summed E-state index contributed by atoms with van der Waals surface area (Å²) in [5, 5.41) is 16.4. The third-order valence-electron chi connectivity index (χ3n) is 4.86. The van der Waals surface area contributed by atoms with Crippen molar-refractivity contribution in [3.8, 4) is 11.9 Å². The lowest BCUT2D eigenvalue weighted by molar-refractivity contribution is 0.0937. The first-order valence-corrected chi connectivity index (χ1v) is 12.2. The molecule has 35 heavy (non-hydrogen) atoms.